The summed E-state index contributed by atoms with van der Waals surface area (Å²) in [7, 11) is 2.11. The lowest BCUT2D eigenvalue weighted by Crippen LogP contribution is -2.06. The van der Waals surface area contributed by atoms with Gasteiger partial charge in [-0.05, 0) is 24.0 Å². The van der Waals surface area contributed by atoms with Gasteiger partial charge in [0.1, 0.15) is 0 Å². The van der Waals surface area contributed by atoms with Crippen LogP contribution in [0.4, 0.5) is 0 Å². The molecule has 0 bridgehead atoms. The van der Waals surface area contributed by atoms with Gasteiger partial charge in [0.05, 0.1) is 0 Å². The quantitative estimate of drug-likeness (QED) is 0.612. The van der Waals surface area contributed by atoms with Crippen molar-refractivity contribution < 1.29 is 0 Å². The van der Waals surface area contributed by atoms with Crippen molar-refractivity contribution in [2.45, 2.75) is 26.7 Å². The van der Waals surface area contributed by atoms with Crippen LogP contribution in [0.1, 0.15) is 32.4 Å². The monoisotopic (exact) mass is 151 g/mol. The first-order valence-corrected chi connectivity index (χ1v) is 4.24. The lowest BCUT2D eigenvalue weighted by molar-refractivity contribution is 0.510. The standard InChI is InChI=1S/C10H17N/c1-8(2)9(3)10-6-5-7-11(10)4/h5-9H,1-4H3. The molecule has 0 aliphatic carbocycles. The van der Waals surface area contributed by atoms with E-state index in [1.165, 1.54) is 5.69 Å². The second-order valence-electron chi connectivity index (χ2n) is 3.58. The van der Waals surface area contributed by atoms with Gasteiger partial charge in [-0.15, -0.1) is 0 Å². The zero-order valence-corrected chi connectivity index (χ0v) is 7.83. The van der Waals surface area contributed by atoms with E-state index < -0.39 is 0 Å². The summed E-state index contributed by atoms with van der Waals surface area (Å²) in [6.07, 6.45) is 2.11. The topological polar surface area (TPSA) is 4.93 Å². The minimum absolute atomic E-state index is 0.662. The smallest absolute Gasteiger partial charge is 0.0202 e. The molecule has 62 valence electrons. The molecule has 1 unspecified atom stereocenters. The van der Waals surface area contributed by atoms with Gasteiger partial charge in [0.15, 0.2) is 0 Å². The van der Waals surface area contributed by atoms with E-state index in [1.807, 2.05) is 0 Å². The number of aromatic nitrogens is 1. The zero-order valence-electron chi connectivity index (χ0n) is 7.83. The van der Waals surface area contributed by atoms with Crippen molar-refractivity contribution in [1.82, 2.24) is 4.57 Å². The predicted molar refractivity (Wildman–Crippen MR) is 48.7 cm³/mol. The normalized spacial score (nSPS) is 13.9. The van der Waals surface area contributed by atoms with E-state index in [-0.39, 0.29) is 0 Å². The molecule has 0 aromatic carbocycles. The molecule has 11 heavy (non-hydrogen) atoms. The number of nitrogens with zero attached hydrogens (tertiary/aromatic N) is 1. The highest BCUT2D eigenvalue weighted by atomic mass is 14.9. The van der Waals surface area contributed by atoms with E-state index in [4.69, 9.17) is 0 Å². The van der Waals surface area contributed by atoms with Gasteiger partial charge < -0.3 is 4.57 Å². The van der Waals surface area contributed by atoms with Crippen LogP contribution in [0.3, 0.4) is 0 Å². The summed E-state index contributed by atoms with van der Waals surface area (Å²) >= 11 is 0. The van der Waals surface area contributed by atoms with E-state index in [2.05, 4.69) is 50.7 Å². The molecule has 1 nitrogen and oxygen atoms in total. The van der Waals surface area contributed by atoms with Crippen LogP contribution in [0.5, 0.6) is 0 Å². The van der Waals surface area contributed by atoms with Gasteiger partial charge in [-0.2, -0.15) is 0 Å². The van der Waals surface area contributed by atoms with Crippen LogP contribution in [0.25, 0.3) is 0 Å². The maximum absolute atomic E-state index is 2.28. The van der Waals surface area contributed by atoms with Gasteiger partial charge >= 0.3 is 0 Å². The van der Waals surface area contributed by atoms with Crippen molar-refractivity contribution in [1.29, 1.82) is 0 Å². The fraction of sp³-hybridized carbons (Fsp3) is 0.600. The Balaban J connectivity index is 2.84. The maximum atomic E-state index is 2.28. The molecular formula is C10H17N. The molecule has 0 saturated carbocycles. The Hall–Kier alpha value is -0.720. The molecule has 0 aliphatic rings. The predicted octanol–water partition coefficient (Wildman–Crippen LogP) is 2.78. The van der Waals surface area contributed by atoms with Crippen LogP contribution in [0.2, 0.25) is 0 Å². The Morgan fingerprint density at radius 2 is 1.91 bits per heavy atom. The summed E-state index contributed by atoms with van der Waals surface area (Å²) in [4.78, 5) is 0. The Kier molecular flexibility index (Phi) is 2.38. The van der Waals surface area contributed by atoms with Crippen molar-refractivity contribution in [2.24, 2.45) is 13.0 Å². The van der Waals surface area contributed by atoms with Crippen molar-refractivity contribution in [3.63, 3.8) is 0 Å². The molecule has 0 amide bonds. The molecule has 0 fully saturated rings. The van der Waals surface area contributed by atoms with Crippen LogP contribution < -0.4 is 0 Å². The highest BCUT2D eigenvalue weighted by Gasteiger charge is 2.11. The second-order valence-corrected chi connectivity index (χ2v) is 3.58. The minimum Gasteiger partial charge on any atom is -0.354 e. The average molecular weight is 151 g/mol. The molecule has 1 rings (SSSR count). The lowest BCUT2D eigenvalue weighted by Gasteiger charge is -2.16. The summed E-state index contributed by atoms with van der Waals surface area (Å²) in [5, 5.41) is 0. The maximum Gasteiger partial charge on any atom is 0.0202 e. The van der Waals surface area contributed by atoms with Gasteiger partial charge in [0, 0.05) is 18.9 Å². The molecule has 0 saturated heterocycles. The molecular weight excluding hydrogens is 134 g/mol. The Labute approximate surface area is 69.0 Å². The molecule has 1 atom stereocenters. The van der Waals surface area contributed by atoms with E-state index in [0.717, 1.165) is 5.92 Å². The Bertz CT molecular complexity index is 223. The van der Waals surface area contributed by atoms with Crippen LogP contribution >= 0.6 is 0 Å². The molecule has 1 heteroatoms. The third-order valence-corrected chi connectivity index (χ3v) is 2.45. The van der Waals surface area contributed by atoms with Gasteiger partial charge in [-0.1, -0.05) is 20.8 Å². The summed E-state index contributed by atoms with van der Waals surface area (Å²) in [5.74, 6) is 1.39. The van der Waals surface area contributed by atoms with Crippen LogP contribution in [0.15, 0.2) is 18.3 Å². The van der Waals surface area contributed by atoms with Crippen molar-refractivity contribution in [2.75, 3.05) is 0 Å². The molecule has 0 N–H and O–H groups in total. The van der Waals surface area contributed by atoms with E-state index in [1.54, 1.807) is 0 Å². The molecule has 0 spiro atoms. The first kappa shape index (κ1) is 8.38. The second kappa shape index (κ2) is 3.12. The zero-order chi connectivity index (χ0) is 8.43. The number of rotatable bonds is 2. The Morgan fingerprint density at radius 3 is 2.27 bits per heavy atom. The van der Waals surface area contributed by atoms with Crippen molar-refractivity contribution in [3.05, 3.63) is 24.0 Å². The van der Waals surface area contributed by atoms with Crippen LogP contribution in [-0.2, 0) is 7.05 Å². The lowest BCUT2D eigenvalue weighted by atomic mass is 9.95. The van der Waals surface area contributed by atoms with Gasteiger partial charge in [-0.25, -0.2) is 0 Å². The van der Waals surface area contributed by atoms with E-state index in [9.17, 15) is 0 Å². The molecule has 1 heterocycles. The van der Waals surface area contributed by atoms with E-state index >= 15 is 0 Å². The number of aryl methyl sites for hydroxylation is 1. The van der Waals surface area contributed by atoms with Gasteiger partial charge in [0.25, 0.3) is 0 Å². The third kappa shape index (κ3) is 1.65. The summed E-state index contributed by atoms with van der Waals surface area (Å²) in [6, 6.07) is 4.30. The highest BCUT2D eigenvalue weighted by molar-refractivity contribution is 5.11. The molecule has 1 aromatic rings. The van der Waals surface area contributed by atoms with E-state index in [0.29, 0.717) is 5.92 Å². The first-order valence-electron chi connectivity index (χ1n) is 4.24. The SMILES string of the molecule is CC(C)C(C)c1cccn1C. The van der Waals surface area contributed by atoms with Gasteiger partial charge in [0.2, 0.25) is 0 Å². The molecule has 0 radical (unpaired) electrons. The Morgan fingerprint density at radius 1 is 1.27 bits per heavy atom. The molecule has 1 aromatic heterocycles. The third-order valence-electron chi connectivity index (χ3n) is 2.45. The minimum atomic E-state index is 0.662. The first-order chi connectivity index (χ1) is 5.13. The number of hydrogen-bond donors (Lipinski definition) is 0. The molecule has 0 aliphatic heterocycles. The van der Waals surface area contributed by atoms with Crippen molar-refractivity contribution >= 4 is 0 Å². The largest absolute Gasteiger partial charge is 0.354 e. The summed E-state index contributed by atoms with van der Waals surface area (Å²) < 4.78 is 2.20. The highest BCUT2D eigenvalue weighted by Crippen LogP contribution is 2.22. The average Bonchev–Trinajstić information content (AvgIpc) is 2.33. The van der Waals surface area contributed by atoms with Crippen molar-refractivity contribution in [3.8, 4) is 0 Å². The van der Waals surface area contributed by atoms with Gasteiger partial charge in [-0.3, -0.25) is 0 Å². The number of hydrogen-bond acceptors (Lipinski definition) is 0. The summed E-state index contributed by atoms with van der Waals surface area (Å²) in [5.41, 5.74) is 1.43. The van der Waals surface area contributed by atoms with Crippen LogP contribution in [0, 0.1) is 5.92 Å². The summed E-state index contributed by atoms with van der Waals surface area (Å²) in [6.45, 7) is 6.80. The van der Waals surface area contributed by atoms with Crippen LogP contribution in [-0.4, -0.2) is 4.57 Å². The fourth-order valence-corrected chi connectivity index (χ4v) is 1.29. The fourth-order valence-electron chi connectivity index (χ4n) is 1.29.